The second-order valence-corrected chi connectivity index (χ2v) is 8.77. The molecular weight excluding hydrogens is 394 g/mol. The van der Waals surface area contributed by atoms with Crippen molar-refractivity contribution in [2.24, 2.45) is 0 Å². The molecule has 3 nitrogen and oxygen atoms in total. The smallest absolute Gasteiger partial charge is 0.207 e. The Morgan fingerprint density at radius 3 is 2.39 bits per heavy atom. The molecule has 0 fully saturated rings. The fourth-order valence-corrected chi connectivity index (χ4v) is 4.73. The van der Waals surface area contributed by atoms with E-state index in [1.165, 1.54) is 9.20 Å². The van der Waals surface area contributed by atoms with Gasteiger partial charge < -0.3 is 0 Å². The lowest BCUT2D eigenvalue weighted by Gasteiger charge is -2.16. The normalized spacial score (nSPS) is 12.1. The third-order valence-corrected chi connectivity index (χ3v) is 6.94. The quantitative estimate of drug-likeness (QED) is 0.499. The Morgan fingerprint density at radius 2 is 1.70 bits per heavy atom. The predicted octanol–water partition coefficient (Wildman–Crippen LogP) is 4.42. The average Bonchev–Trinajstić information content (AvgIpc) is 2.55. The van der Waals surface area contributed by atoms with Gasteiger partial charge in [0.2, 0.25) is 10.0 Å². The Labute approximate surface area is 150 Å². The van der Waals surface area contributed by atoms with E-state index in [0.29, 0.717) is 11.0 Å². The molecule has 0 radical (unpaired) electrons. The summed E-state index contributed by atoms with van der Waals surface area (Å²) in [7, 11) is -1.89. The van der Waals surface area contributed by atoms with E-state index >= 15 is 0 Å². The first-order chi connectivity index (χ1) is 11.0. The van der Waals surface area contributed by atoms with E-state index in [4.69, 9.17) is 0 Å². The largest absolute Gasteiger partial charge is 0.244 e. The molecule has 23 heavy (non-hydrogen) atoms. The summed E-state index contributed by atoms with van der Waals surface area (Å²) in [5.74, 6) is 0.812. The summed E-state index contributed by atoms with van der Waals surface area (Å²) < 4.78 is 26.9. The van der Waals surface area contributed by atoms with Gasteiger partial charge in [-0.2, -0.15) is 4.31 Å². The van der Waals surface area contributed by atoms with Crippen molar-refractivity contribution < 1.29 is 8.42 Å². The second-order valence-electron chi connectivity index (χ2n) is 4.81. The van der Waals surface area contributed by atoms with Gasteiger partial charge in [-0.25, -0.2) is 8.42 Å². The number of hydrogen-bond acceptors (Lipinski definition) is 3. The molecule has 0 N–H and O–H groups in total. The van der Waals surface area contributed by atoms with Crippen LogP contribution < -0.4 is 0 Å². The SMILES string of the molecule is CN(C/C=C/CSc1ccccc1)S(=O)(=O)c1ccccc1Br. The zero-order valence-corrected chi connectivity index (χ0v) is 15.9. The van der Waals surface area contributed by atoms with Gasteiger partial charge in [0.05, 0.1) is 4.90 Å². The van der Waals surface area contributed by atoms with E-state index < -0.39 is 10.0 Å². The molecular formula is C17H18BrNO2S2. The standard InChI is InChI=1S/C17H18BrNO2S2/c1-19(23(20,21)17-12-6-5-11-16(17)18)13-7-8-14-22-15-9-3-2-4-10-15/h2-12H,13-14H2,1H3/b8-7+. The molecule has 0 atom stereocenters. The first-order valence-electron chi connectivity index (χ1n) is 7.05. The van der Waals surface area contributed by atoms with Crippen molar-refractivity contribution in [3.05, 3.63) is 71.2 Å². The molecule has 0 saturated carbocycles. The van der Waals surface area contributed by atoms with Crippen LogP contribution in [-0.2, 0) is 10.0 Å². The topological polar surface area (TPSA) is 37.4 Å². The highest BCUT2D eigenvalue weighted by molar-refractivity contribution is 9.10. The molecule has 0 aliphatic heterocycles. The molecule has 0 unspecified atom stereocenters. The van der Waals surface area contributed by atoms with E-state index in [0.717, 1.165) is 5.75 Å². The summed E-state index contributed by atoms with van der Waals surface area (Å²) in [6.45, 7) is 0.346. The van der Waals surface area contributed by atoms with Crippen molar-refractivity contribution in [3.8, 4) is 0 Å². The molecule has 0 saturated heterocycles. The molecule has 0 amide bonds. The number of nitrogens with zero attached hydrogens (tertiary/aromatic N) is 1. The van der Waals surface area contributed by atoms with Crippen LogP contribution in [0.5, 0.6) is 0 Å². The number of halogens is 1. The number of hydrogen-bond donors (Lipinski definition) is 0. The summed E-state index contributed by atoms with van der Waals surface area (Å²) in [5.41, 5.74) is 0. The zero-order chi connectivity index (χ0) is 16.7. The van der Waals surface area contributed by atoms with Crippen molar-refractivity contribution in [1.82, 2.24) is 4.31 Å². The lowest BCUT2D eigenvalue weighted by molar-refractivity contribution is 0.498. The Morgan fingerprint density at radius 1 is 1.04 bits per heavy atom. The van der Waals surface area contributed by atoms with E-state index in [9.17, 15) is 8.42 Å². The monoisotopic (exact) mass is 411 g/mol. The Bertz CT molecular complexity index is 761. The van der Waals surface area contributed by atoms with Gasteiger partial charge in [-0.05, 0) is 40.2 Å². The third kappa shape index (κ3) is 5.21. The minimum Gasteiger partial charge on any atom is -0.207 e. The van der Waals surface area contributed by atoms with E-state index in [-0.39, 0.29) is 4.90 Å². The lowest BCUT2D eigenvalue weighted by atomic mass is 10.4. The van der Waals surface area contributed by atoms with E-state index in [1.54, 1.807) is 43.1 Å². The molecule has 0 aromatic heterocycles. The van der Waals surface area contributed by atoms with Crippen LogP contribution in [-0.4, -0.2) is 32.1 Å². The highest BCUT2D eigenvalue weighted by Gasteiger charge is 2.21. The van der Waals surface area contributed by atoms with Gasteiger partial charge in [-0.1, -0.05) is 42.5 Å². The van der Waals surface area contributed by atoms with Gasteiger partial charge in [-0.3, -0.25) is 0 Å². The maximum Gasteiger partial charge on any atom is 0.244 e. The summed E-state index contributed by atoms with van der Waals surface area (Å²) in [6, 6.07) is 17.0. The minimum atomic E-state index is -3.48. The second kappa shape index (κ2) is 8.68. The Kier molecular flexibility index (Phi) is 6.89. The number of thioether (sulfide) groups is 1. The summed E-state index contributed by atoms with van der Waals surface area (Å²) in [4.78, 5) is 1.49. The van der Waals surface area contributed by atoms with Crippen LogP contribution >= 0.6 is 27.7 Å². The van der Waals surface area contributed by atoms with Crippen LogP contribution in [0.1, 0.15) is 0 Å². The first kappa shape index (κ1) is 18.3. The van der Waals surface area contributed by atoms with Crippen molar-refractivity contribution in [3.63, 3.8) is 0 Å². The van der Waals surface area contributed by atoms with E-state index in [1.807, 2.05) is 30.4 Å². The Hall–Kier alpha value is -1.08. The molecule has 6 heteroatoms. The summed E-state index contributed by atoms with van der Waals surface area (Å²) >= 11 is 5.01. The summed E-state index contributed by atoms with van der Waals surface area (Å²) in [5, 5.41) is 0. The van der Waals surface area contributed by atoms with Crippen LogP contribution in [0.3, 0.4) is 0 Å². The highest BCUT2D eigenvalue weighted by Crippen LogP contribution is 2.23. The van der Waals surface area contributed by atoms with Crippen molar-refractivity contribution in [2.45, 2.75) is 9.79 Å². The molecule has 2 rings (SSSR count). The van der Waals surface area contributed by atoms with Crippen molar-refractivity contribution in [1.29, 1.82) is 0 Å². The molecule has 2 aromatic rings. The van der Waals surface area contributed by atoms with Crippen molar-refractivity contribution >= 4 is 37.7 Å². The first-order valence-corrected chi connectivity index (χ1v) is 10.3. The molecule has 2 aromatic carbocycles. The average molecular weight is 412 g/mol. The van der Waals surface area contributed by atoms with E-state index in [2.05, 4.69) is 28.1 Å². The van der Waals surface area contributed by atoms with Crippen LogP contribution in [0.15, 0.2) is 81.0 Å². The zero-order valence-electron chi connectivity index (χ0n) is 12.7. The van der Waals surface area contributed by atoms with Crippen LogP contribution in [0.4, 0.5) is 0 Å². The molecule has 0 spiro atoms. The van der Waals surface area contributed by atoms with Crippen molar-refractivity contribution in [2.75, 3.05) is 19.3 Å². The molecule has 122 valence electrons. The van der Waals surface area contributed by atoms with Gasteiger partial charge in [0, 0.05) is 28.7 Å². The molecule has 0 heterocycles. The highest BCUT2D eigenvalue weighted by atomic mass is 79.9. The number of rotatable bonds is 7. The lowest BCUT2D eigenvalue weighted by Crippen LogP contribution is -2.27. The van der Waals surface area contributed by atoms with Crippen LogP contribution in [0, 0.1) is 0 Å². The Balaban J connectivity index is 1.90. The molecule has 0 aliphatic carbocycles. The maximum atomic E-state index is 12.5. The fraction of sp³-hybridized carbons (Fsp3) is 0.176. The van der Waals surface area contributed by atoms with Gasteiger partial charge in [0.1, 0.15) is 0 Å². The van der Waals surface area contributed by atoms with Gasteiger partial charge >= 0.3 is 0 Å². The maximum absolute atomic E-state index is 12.5. The number of sulfonamides is 1. The fourth-order valence-electron chi connectivity index (χ4n) is 1.87. The predicted molar refractivity (Wildman–Crippen MR) is 100 cm³/mol. The minimum absolute atomic E-state index is 0.287. The third-order valence-electron chi connectivity index (χ3n) is 3.14. The number of benzene rings is 2. The number of likely N-dealkylation sites (N-methyl/N-ethyl adjacent to an activating group) is 1. The van der Waals surface area contributed by atoms with Crippen LogP contribution in [0.25, 0.3) is 0 Å². The van der Waals surface area contributed by atoms with Gasteiger partial charge in [0.15, 0.2) is 0 Å². The van der Waals surface area contributed by atoms with Gasteiger partial charge in [-0.15, -0.1) is 11.8 Å². The molecule has 0 aliphatic rings. The van der Waals surface area contributed by atoms with Crippen LogP contribution in [0.2, 0.25) is 0 Å². The van der Waals surface area contributed by atoms with Gasteiger partial charge in [0.25, 0.3) is 0 Å². The summed E-state index contributed by atoms with van der Waals surface area (Å²) in [6.07, 6.45) is 3.87. The molecule has 0 bridgehead atoms.